The van der Waals surface area contributed by atoms with Gasteiger partial charge in [0.05, 0.1) is 12.8 Å². The van der Waals surface area contributed by atoms with Crippen LogP contribution in [0.1, 0.15) is 30.2 Å². The lowest BCUT2D eigenvalue weighted by atomic mass is 10.2. The van der Waals surface area contributed by atoms with E-state index >= 15 is 0 Å². The van der Waals surface area contributed by atoms with E-state index in [2.05, 4.69) is 35.2 Å². The minimum atomic E-state index is 0.818. The van der Waals surface area contributed by atoms with E-state index in [1.807, 2.05) is 24.5 Å². The van der Waals surface area contributed by atoms with Gasteiger partial charge in [-0.1, -0.05) is 6.92 Å². The Balaban J connectivity index is 1.88. The van der Waals surface area contributed by atoms with E-state index in [0.717, 1.165) is 38.4 Å². The fourth-order valence-corrected chi connectivity index (χ4v) is 2.16. The summed E-state index contributed by atoms with van der Waals surface area (Å²) in [5, 5.41) is 3.41. The van der Waals surface area contributed by atoms with Crippen molar-refractivity contribution >= 4 is 0 Å². The van der Waals surface area contributed by atoms with Crippen LogP contribution in [0.5, 0.6) is 0 Å². The van der Waals surface area contributed by atoms with Crippen molar-refractivity contribution in [1.82, 2.24) is 15.2 Å². The van der Waals surface area contributed by atoms with E-state index in [1.165, 1.54) is 11.1 Å². The molecule has 0 atom stereocenters. The smallest absolute Gasteiger partial charge is 0.122 e. The second kappa shape index (κ2) is 7.82. The Kier molecular flexibility index (Phi) is 5.77. The normalized spacial score (nSPS) is 11.2. The van der Waals surface area contributed by atoms with Gasteiger partial charge in [-0.2, -0.15) is 0 Å². The molecule has 0 aliphatic rings. The quantitative estimate of drug-likeness (QED) is 0.751. The Bertz CT molecular complexity index is 495. The number of rotatable bonds is 8. The van der Waals surface area contributed by atoms with Crippen LogP contribution in [0, 0.1) is 0 Å². The van der Waals surface area contributed by atoms with E-state index in [4.69, 9.17) is 4.42 Å². The summed E-state index contributed by atoms with van der Waals surface area (Å²) in [6.45, 7) is 5.80. The first-order valence-corrected chi connectivity index (χ1v) is 7.13. The predicted octanol–water partition coefficient (Wildman–Crippen LogP) is 2.81. The van der Waals surface area contributed by atoms with Gasteiger partial charge in [-0.3, -0.25) is 9.88 Å². The van der Waals surface area contributed by atoms with Gasteiger partial charge in [0.15, 0.2) is 0 Å². The van der Waals surface area contributed by atoms with Crippen molar-refractivity contribution in [2.75, 3.05) is 13.6 Å². The summed E-state index contributed by atoms with van der Waals surface area (Å²) < 4.78 is 5.61. The SMILES string of the molecule is CCCNCc1ccoc1CN(C)Cc1ccncc1. The number of hydrogen-bond donors (Lipinski definition) is 1. The second-order valence-corrected chi connectivity index (χ2v) is 5.07. The summed E-state index contributed by atoms with van der Waals surface area (Å²) in [6.07, 6.45) is 6.58. The zero-order chi connectivity index (χ0) is 14.2. The lowest BCUT2D eigenvalue weighted by Gasteiger charge is -2.16. The van der Waals surface area contributed by atoms with Gasteiger partial charge < -0.3 is 9.73 Å². The molecule has 0 saturated heterocycles. The van der Waals surface area contributed by atoms with Gasteiger partial charge in [-0.05, 0) is 43.8 Å². The summed E-state index contributed by atoms with van der Waals surface area (Å²) in [7, 11) is 2.10. The first-order chi connectivity index (χ1) is 9.79. The van der Waals surface area contributed by atoms with E-state index < -0.39 is 0 Å². The molecule has 4 nitrogen and oxygen atoms in total. The molecule has 0 radical (unpaired) electrons. The molecule has 2 rings (SSSR count). The summed E-state index contributed by atoms with van der Waals surface area (Å²) in [4.78, 5) is 6.29. The highest BCUT2D eigenvalue weighted by Crippen LogP contribution is 2.14. The standard InChI is InChI=1S/C16H23N3O/c1-3-7-18-11-15-6-10-20-16(15)13-19(2)12-14-4-8-17-9-5-14/h4-6,8-10,18H,3,7,11-13H2,1-2H3. The fraction of sp³-hybridized carbons (Fsp3) is 0.438. The zero-order valence-electron chi connectivity index (χ0n) is 12.3. The van der Waals surface area contributed by atoms with Crippen LogP contribution in [0.2, 0.25) is 0 Å². The van der Waals surface area contributed by atoms with E-state index in [9.17, 15) is 0 Å². The molecule has 0 fully saturated rings. The number of hydrogen-bond acceptors (Lipinski definition) is 4. The summed E-state index contributed by atoms with van der Waals surface area (Å²) in [5.74, 6) is 1.05. The molecule has 0 spiro atoms. The van der Waals surface area contributed by atoms with Gasteiger partial charge in [0.1, 0.15) is 5.76 Å². The van der Waals surface area contributed by atoms with Crippen molar-refractivity contribution in [2.45, 2.75) is 33.0 Å². The average molecular weight is 273 g/mol. The Morgan fingerprint density at radius 3 is 2.75 bits per heavy atom. The number of pyridine rings is 1. The van der Waals surface area contributed by atoms with Gasteiger partial charge in [-0.15, -0.1) is 0 Å². The lowest BCUT2D eigenvalue weighted by Crippen LogP contribution is -2.19. The first kappa shape index (κ1) is 14.8. The Morgan fingerprint density at radius 1 is 1.20 bits per heavy atom. The Morgan fingerprint density at radius 2 is 2.00 bits per heavy atom. The third kappa shape index (κ3) is 4.47. The highest BCUT2D eigenvalue weighted by molar-refractivity contribution is 5.17. The molecule has 0 unspecified atom stereocenters. The van der Waals surface area contributed by atoms with Crippen LogP contribution in [0.15, 0.2) is 41.3 Å². The van der Waals surface area contributed by atoms with Crippen LogP contribution < -0.4 is 5.32 Å². The average Bonchev–Trinajstić information content (AvgIpc) is 2.87. The molecule has 20 heavy (non-hydrogen) atoms. The molecule has 2 aromatic rings. The van der Waals surface area contributed by atoms with Crippen molar-refractivity contribution in [1.29, 1.82) is 0 Å². The summed E-state index contributed by atoms with van der Waals surface area (Å²) in [5.41, 5.74) is 2.51. The largest absolute Gasteiger partial charge is 0.468 e. The molecule has 0 saturated carbocycles. The minimum absolute atomic E-state index is 0.818. The Labute approximate surface area is 120 Å². The van der Waals surface area contributed by atoms with Gasteiger partial charge in [-0.25, -0.2) is 0 Å². The molecule has 2 aromatic heterocycles. The van der Waals surface area contributed by atoms with E-state index in [-0.39, 0.29) is 0 Å². The van der Waals surface area contributed by atoms with Gasteiger partial charge in [0.2, 0.25) is 0 Å². The van der Waals surface area contributed by atoms with Crippen molar-refractivity contribution in [3.05, 3.63) is 53.7 Å². The van der Waals surface area contributed by atoms with Crippen molar-refractivity contribution < 1.29 is 4.42 Å². The molecule has 0 aliphatic carbocycles. The molecule has 108 valence electrons. The van der Waals surface area contributed by atoms with Crippen LogP contribution >= 0.6 is 0 Å². The van der Waals surface area contributed by atoms with Gasteiger partial charge in [0.25, 0.3) is 0 Å². The number of furan rings is 1. The molecule has 0 amide bonds. The number of aromatic nitrogens is 1. The molecule has 4 heteroatoms. The van der Waals surface area contributed by atoms with Gasteiger partial charge >= 0.3 is 0 Å². The molecule has 0 aliphatic heterocycles. The molecular formula is C16H23N3O. The predicted molar refractivity (Wildman–Crippen MR) is 80.1 cm³/mol. The monoisotopic (exact) mass is 273 g/mol. The molecule has 2 heterocycles. The maximum absolute atomic E-state index is 5.61. The van der Waals surface area contributed by atoms with Crippen LogP contribution in [0.4, 0.5) is 0 Å². The minimum Gasteiger partial charge on any atom is -0.468 e. The number of nitrogens with zero attached hydrogens (tertiary/aromatic N) is 2. The first-order valence-electron chi connectivity index (χ1n) is 7.13. The van der Waals surface area contributed by atoms with Crippen molar-refractivity contribution in [3.8, 4) is 0 Å². The topological polar surface area (TPSA) is 41.3 Å². The van der Waals surface area contributed by atoms with Crippen LogP contribution in [0.25, 0.3) is 0 Å². The lowest BCUT2D eigenvalue weighted by molar-refractivity contribution is 0.285. The molecular weight excluding hydrogens is 250 g/mol. The summed E-state index contributed by atoms with van der Waals surface area (Å²) >= 11 is 0. The molecule has 1 N–H and O–H groups in total. The molecule has 0 aromatic carbocycles. The zero-order valence-corrected chi connectivity index (χ0v) is 12.3. The maximum Gasteiger partial charge on any atom is 0.122 e. The maximum atomic E-state index is 5.61. The van der Waals surface area contributed by atoms with E-state index in [0.29, 0.717) is 0 Å². The fourth-order valence-electron chi connectivity index (χ4n) is 2.16. The van der Waals surface area contributed by atoms with E-state index in [1.54, 1.807) is 6.26 Å². The third-order valence-electron chi connectivity index (χ3n) is 3.20. The number of nitrogens with one attached hydrogen (secondary N) is 1. The Hall–Kier alpha value is -1.65. The van der Waals surface area contributed by atoms with Gasteiger partial charge in [0, 0.05) is 31.0 Å². The van der Waals surface area contributed by atoms with Crippen LogP contribution in [0.3, 0.4) is 0 Å². The molecule has 0 bridgehead atoms. The van der Waals surface area contributed by atoms with Crippen molar-refractivity contribution in [2.24, 2.45) is 0 Å². The highest BCUT2D eigenvalue weighted by atomic mass is 16.3. The van der Waals surface area contributed by atoms with Crippen molar-refractivity contribution in [3.63, 3.8) is 0 Å². The second-order valence-electron chi connectivity index (χ2n) is 5.07. The van der Waals surface area contributed by atoms with Crippen LogP contribution in [-0.2, 0) is 19.6 Å². The third-order valence-corrected chi connectivity index (χ3v) is 3.20. The van der Waals surface area contributed by atoms with Crippen LogP contribution in [-0.4, -0.2) is 23.5 Å². The summed E-state index contributed by atoms with van der Waals surface area (Å²) in [6, 6.07) is 6.14. The highest BCUT2D eigenvalue weighted by Gasteiger charge is 2.09.